The molecule has 0 spiro atoms. The van der Waals surface area contributed by atoms with Crippen LogP contribution in [0.3, 0.4) is 0 Å². The zero-order valence-electron chi connectivity index (χ0n) is 42.9. The van der Waals surface area contributed by atoms with Crippen LogP contribution in [0, 0.1) is 0 Å². The minimum absolute atomic E-state index is 0.0715. The fraction of sp³-hybridized carbons (Fsp3) is 0.862. The van der Waals surface area contributed by atoms with Crippen molar-refractivity contribution < 1.29 is 24.5 Å². The number of unbranched alkanes of at least 4 members (excludes halogenated alkanes) is 33. The van der Waals surface area contributed by atoms with Crippen molar-refractivity contribution in [1.29, 1.82) is 0 Å². The van der Waals surface area contributed by atoms with Crippen LogP contribution in [0.15, 0.2) is 36.5 Å². The summed E-state index contributed by atoms with van der Waals surface area (Å²) in [5, 5.41) is 23.8. The molecule has 0 fully saturated rings. The van der Waals surface area contributed by atoms with Crippen LogP contribution < -0.4 is 5.32 Å². The van der Waals surface area contributed by atoms with E-state index in [1.54, 1.807) is 0 Å². The van der Waals surface area contributed by atoms with Gasteiger partial charge in [0.05, 0.1) is 25.2 Å². The number of carbonyl (C=O) groups excluding carboxylic acids is 2. The third-order valence-electron chi connectivity index (χ3n) is 12.9. The maximum atomic E-state index is 13.2. The number of hydrogen-bond donors (Lipinski definition) is 3. The summed E-state index contributed by atoms with van der Waals surface area (Å²) in [6.45, 7) is 6.47. The molecule has 3 N–H and O–H groups in total. The molecule has 0 aromatic rings. The first-order chi connectivity index (χ1) is 31.5. The number of amides is 1. The van der Waals surface area contributed by atoms with Gasteiger partial charge in [-0.05, 0) is 83.5 Å². The predicted octanol–water partition coefficient (Wildman–Crippen LogP) is 17.2. The van der Waals surface area contributed by atoms with E-state index in [-0.39, 0.29) is 24.9 Å². The Labute approximate surface area is 398 Å². The Morgan fingerprint density at radius 3 is 1.23 bits per heavy atom. The van der Waals surface area contributed by atoms with E-state index in [0.29, 0.717) is 19.3 Å². The summed E-state index contributed by atoms with van der Waals surface area (Å²) >= 11 is 0. The van der Waals surface area contributed by atoms with Crippen molar-refractivity contribution in [1.82, 2.24) is 5.32 Å². The van der Waals surface area contributed by atoms with Gasteiger partial charge in [0.1, 0.15) is 6.10 Å². The summed E-state index contributed by atoms with van der Waals surface area (Å²) in [6.07, 6.45) is 62.0. The fourth-order valence-electron chi connectivity index (χ4n) is 8.63. The van der Waals surface area contributed by atoms with Gasteiger partial charge in [-0.2, -0.15) is 0 Å². The molecule has 3 unspecified atom stereocenters. The second kappa shape index (κ2) is 52.1. The Kier molecular flexibility index (Phi) is 50.5. The highest BCUT2D eigenvalue weighted by molar-refractivity contribution is 5.77. The Hall–Kier alpha value is -1.92. The topological polar surface area (TPSA) is 95.9 Å². The number of carbonyl (C=O) groups is 2. The van der Waals surface area contributed by atoms with Crippen LogP contribution in [0.1, 0.15) is 297 Å². The molecular weight excluding hydrogens is 791 g/mol. The molecule has 0 radical (unpaired) electrons. The molecule has 0 saturated carbocycles. The smallest absolute Gasteiger partial charge is 0.306 e. The lowest BCUT2D eigenvalue weighted by molar-refractivity contribution is -0.151. The monoisotopic (exact) mass is 900 g/mol. The molecule has 64 heavy (non-hydrogen) atoms. The van der Waals surface area contributed by atoms with Crippen LogP contribution in [0.5, 0.6) is 0 Å². The average Bonchev–Trinajstić information content (AvgIpc) is 3.29. The summed E-state index contributed by atoms with van der Waals surface area (Å²) in [5.41, 5.74) is 0. The lowest BCUT2D eigenvalue weighted by Crippen LogP contribution is -2.46. The third-order valence-corrected chi connectivity index (χ3v) is 12.9. The van der Waals surface area contributed by atoms with Gasteiger partial charge in [0, 0.05) is 6.42 Å². The summed E-state index contributed by atoms with van der Waals surface area (Å²) in [5.74, 6) is -0.478. The van der Waals surface area contributed by atoms with E-state index in [1.807, 2.05) is 0 Å². The number of rotatable bonds is 51. The molecule has 0 bridgehead atoms. The van der Waals surface area contributed by atoms with Crippen LogP contribution in [0.25, 0.3) is 0 Å². The summed E-state index contributed by atoms with van der Waals surface area (Å²) in [4.78, 5) is 26.2. The van der Waals surface area contributed by atoms with E-state index in [0.717, 1.165) is 70.6 Å². The van der Waals surface area contributed by atoms with Crippen LogP contribution in [0.2, 0.25) is 0 Å². The summed E-state index contributed by atoms with van der Waals surface area (Å²) < 4.78 is 5.95. The molecule has 1 amide bonds. The number of allylic oxidation sites excluding steroid dienone is 6. The molecule has 0 aliphatic rings. The standard InChI is InChI=1S/C58H109NO5/c1-4-7-10-13-16-19-22-25-27-28-30-33-36-39-42-45-48-51-58(63)64-54(49-46-43-40-37-34-32-29-26-23-20-17-14-11-8-5-2)52-57(62)59-55(53-60)56(61)50-47-44-41-38-35-31-24-21-18-15-12-9-6-3/h16,19,25-27,29,54-56,60-61H,4-15,17-18,20-24,28,30-53H2,1-3H3,(H,59,62)/b19-16-,27-25-,29-26+. The highest BCUT2D eigenvalue weighted by Gasteiger charge is 2.24. The maximum Gasteiger partial charge on any atom is 0.306 e. The molecule has 0 aliphatic heterocycles. The lowest BCUT2D eigenvalue weighted by atomic mass is 10.0. The second-order valence-electron chi connectivity index (χ2n) is 19.3. The van der Waals surface area contributed by atoms with Gasteiger partial charge in [0.15, 0.2) is 0 Å². The van der Waals surface area contributed by atoms with E-state index < -0.39 is 18.2 Å². The molecule has 0 heterocycles. The number of nitrogens with one attached hydrogen (secondary N) is 1. The number of aliphatic hydroxyl groups is 2. The van der Waals surface area contributed by atoms with Crippen LogP contribution in [0.4, 0.5) is 0 Å². The predicted molar refractivity (Wildman–Crippen MR) is 278 cm³/mol. The first-order valence-corrected chi connectivity index (χ1v) is 28.2. The number of esters is 1. The quantitative estimate of drug-likeness (QED) is 0.0321. The van der Waals surface area contributed by atoms with Crippen molar-refractivity contribution in [2.24, 2.45) is 0 Å². The van der Waals surface area contributed by atoms with E-state index in [9.17, 15) is 19.8 Å². The van der Waals surface area contributed by atoms with Gasteiger partial charge in [-0.15, -0.1) is 0 Å². The van der Waals surface area contributed by atoms with Crippen LogP contribution >= 0.6 is 0 Å². The van der Waals surface area contributed by atoms with Crippen LogP contribution in [-0.4, -0.2) is 46.9 Å². The molecule has 0 aromatic heterocycles. The van der Waals surface area contributed by atoms with E-state index in [1.165, 1.54) is 180 Å². The summed E-state index contributed by atoms with van der Waals surface area (Å²) in [6, 6.07) is -0.704. The highest BCUT2D eigenvalue weighted by Crippen LogP contribution is 2.18. The number of ether oxygens (including phenoxy) is 1. The minimum atomic E-state index is -0.790. The highest BCUT2D eigenvalue weighted by atomic mass is 16.5. The average molecular weight is 901 g/mol. The van der Waals surface area contributed by atoms with Crippen LogP contribution in [-0.2, 0) is 14.3 Å². The molecule has 6 nitrogen and oxygen atoms in total. The van der Waals surface area contributed by atoms with E-state index in [2.05, 4.69) is 62.5 Å². The second-order valence-corrected chi connectivity index (χ2v) is 19.3. The van der Waals surface area contributed by atoms with Crippen molar-refractivity contribution in [2.75, 3.05) is 6.61 Å². The first kappa shape index (κ1) is 62.1. The Morgan fingerprint density at radius 2 is 0.797 bits per heavy atom. The zero-order valence-corrected chi connectivity index (χ0v) is 42.9. The molecule has 0 saturated heterocycles. The first-order valence-electron chi connectivity index (χ1n) is 28.2. The van der Waals surface area contributed by atoms with Gasteiger partial charge >= 0.3 is 5.97 Å². The largest absolute Gasteiger partial charge is 0.462 e. The molecule has 3 atom stereocenters. The Morgan fingerprint density at radius 1 is 0.453 bits per heavy atom. The van der Waals surface area contributed by atoms with Crippen molar-refractivity contribution >= 4 is 11.9 Å². The van der Waals surface area contributed by atoms with Crippen molar-refractivity contribution in [3.63, 3.8) is 0 Å². The van der Waals surface area contributed by atoms with Gasteiger partial charge in [-0.1, -0.05) is 237 Å². The SMILES string of the molecule is CCCCC/C=C\C/C=C\CCCCCCCCCC(=O)OC(CCCCCCC/C=C/CCCCCCCC)CC(=O)NC(CO)C(O)CCCCCCCCCCCCCCC. The number of hydrogen-bond acceptors (Lipinski definition) is 5. The maximum absolute atomic E-state index is 13.2. The number of aliphatic hydroxyl groups excluding tert-OH is 2. The van der Waals surface area contributed by atoms with Gasteiger partial charge < -0.3 is 20.3 Å². The molecular formula is C58H109NO5. The Bertz CT molecular complexity index is 1060. The molecule has 6 heteroatoms. The van der Waals surface area contributed by atoms with Gasteiger partial charge in [-0.3, -0.25) is 9.59 Å². The molecule has 0 aliphatic carbocycles. The van der Waals surface area contributed by atoms with Crippen molar-refractivity contribution in [3.05, 3.63) is 36.5 Å². The van der Waals surface area contributed by atoms with E-state index >= 15 is 0 Å². The Balaban J connectivity index is 4.57. The van der Waals surface area contributed by atoms with Crippen molar-refractivity contribution in [3.8, 4) is 0 Å². The van der Waals surface area contributed by atoms with Gasteiger partial charge in [0.25, 0.3) is 0 Å². The molecule has 376 valence electrons. The van der Waals surface area contributed by atoms with Crippen molar-refractivity contribution in [2.45, 2.75) is 315 Å². The fourth-order valence-corrected chi connectivity index (χ4v) is 8.63. The normalized spacial score (nSPS) is 13.4. The summed E-state index contributed by atoms with van der Waals surface area (Å²) in [7, 11) is 0. The van der Waals surface area contributed by atoms with Gasteiger partial charge in [0.2, 0.25) is 5.91 Å². The van der Waals surface area contributed by atoms with Gasteiger partial charge in [-0.25, -0.2) is 0 Å². The third kappa shape index (κ3) is 46.6. The lowest BCUT2D eigenvalue weighted by Gasteiger charge is -2.24. The molecule has 0 aromatic carbocycles. The zero-order chi connectivity index (χ0) is 46.7. The van der Waals surface area contributed by atoms with E-state index in [4.69, 9.17) is 4.74 Å². The molecule has 0 rings (SSSR count). The minimum Gasteiger partial charge on any atom is -0.462 e.